The summed E-state index contributed by atoms with van der Waals surface area (Å²) in [5, 5.41) is 7.28. The molecule has 10 nitrogen and oxygen atoms in total. The number of amides is 2. The summed E-state index contributed by atoms with van der Waals surface area (Å²) in [4.78, 5) is 48.4. The van der Waals surface area contributed by atoms with Crippen molar-refractivity contribution in [3.63, 3.8) is 0 Å². The molecule has 0 unspecified atom stereocenters. The maximum atomic E-state index is 14.6. The van der Waals surface area contributed by atoms with Crippen molar-refractivity contribution in [3.8, 4) is 0 Å². The number of piperazine rings is 1. The Hall–Kier alpha value is -4.12. The number of aromatic nitrogens is 2. The van der Waals surface area contributed by atoms with Crippen LogP contribution >= 0.6 is 0 Å². The van der Waals surface area contributed by atoms with Crippen LogP contribution in [-0.4, -0.2) is 63.5 Å². The Kier molecular flexibility index (Phi) is 6.37. The molecule has 12 heteroatoms. The second-order valence-electron chi connectivity index (χ2n) is 7.56. The number of carbonyl (C=O) groups excluding carboxylic acids is 3. The molecule has 2 aliphatic rings. The standard InChI is InChI=1S/C22H18FN7O3.ClH/c23-15-11-25-18(16-12-26-28-27-16)19-17(15)14(10-24-19)20(31)22(33)30-8-6-29(7-9-30)21(32)13-4-2-1-3-5-13;/h1-5,10-12,24H,6-9H2,(H,27,28);1H/q+1;/p-1. The fraction of sp³-hybridized carbons (Fsp3) is 0.182. The first kappa shape index (κ1) is 23.1. The highest BCUT2D eigenvalue weighted by molar-refractivity contribution is 6.45. The normalized spacial score (nSPS) is 15.0. The molecule has 1 aromatic carbocycles. The molecule has 0 atom stereocenters. The molecular weight excluding hydrogens is 465 g/mol. The van der Waals surface area contributed by atoms with E-state index in [1.807, 2.05) is 6.07 Å². The van der Waals surface area contributed by atoms with Gasteiger partial charge in [-0.05, 0) is 12.1 Å². The van der Waals surface area contributed by atoms with E-state index in [0.717, 1.165) is 6.20 Å². The van der Waals surface area contributed by atoms with E-state index in [4.69, 9.17) is 0 Å². The average Bonchev–Trinajstić information content (AvgIpc) is 3.55. The topological polar surface area (TPSA) is 125 Å². The Bertz CT molecular complexity index is 1330. The molecule has 1 radical (unpaired) electrons. The summed E-state index contributed by atoms with van der Waals surface area (Å²) in [6.45, 7) is 1.02. The van der Waals surface area contributed by atoms with Gasteiger partial charge < -0.3 is 27.2 Å². The van der Waals surface area contributed by atoms with Gasteiger partial charge in [-0.25, -0.2) is 9.37 Å². The second-order valence-corrected chi connectivity index (χ2v) is 7.56. The summed E-state index contributed by atoms with van der Waals surface area (Å²) in [5.41, 5.74) is 4.16. The molecule has 3 aromatic rings. The van der Waals surface area contributed by atoms with Gasteiger partial charge in [0.1, 0.15) is 10.9 Å². The van der Waals surface area contributed by atoms with E-state index >= 15 is 0 Å². The minimum atomic E-state index is -0.831. The number of halogens is 2. The molecule has 34 heavy (non-hydrogen) atoms. The van der Waals surface area contributed by atoms with Gasteiger partial charge in [0.15, 0.2) is 5.82 Å². The van der Waals surface area contributed by atoms with Crippen LogP contribution in [0.2, 0.25) is 0 Å². The average molecular weight is 483 g/mol. The van der Waals surface area contributed by atoms with Crippen molar-refractivity contribution in [2.75, 3.05) is 26.2 Å². The van der Waals surface area contributed by atoms with Crippen molar-refractivity contribution in [2.45, 2.75) is 0 Å². The molecule has 2 aromatic heterocycles. The van der Waals surface area contributed by atoms with Crippen LogP contribution in [0, 0.1) is 5.82 Å². The third-order valence-corrected chi connectivity index (χ3v) is 5.65. The van der Waals surface area contributed by atoms with Crippen molar-refractivity contribution in [1.82, 2.24) is 30.3 Å². The summed E-state index contributed by atoms with van der Waals surface area (Å²) in [5.74, 6) is -2.43. The molecule has 5 rings (SSSR count). The Morgan fingerprint density at radius 1 is 1.03 bits per heavy atom. The zero-order valence-corrected chi connectivity index (χ0v) is 18.4. The molecule has 2 N–H and O–H groups in total. The van der Waals surface area contributed by atoms with Crippen LogP contribution in [0.1, 0.15) is 26.4 Å². The van der Waals surface area contributed by atoms with Crippen molar-refractivity contribution in [3.05, 3.63) is 71.6 Å². The first-order valence-electron chi connectivity index (χ1n) is 10.2. The van der Waals surface area contributed by atoms with Gasteiger partial charge in [0.25, 0.3) is 17.6 Å². The van der Waals surface area contributed by atoms with E-state index in [9.17, 15) is 18.8 Å². The molecule has 1 saturated heterocycles. The molecule has 0 saturated carbocycles. The van der Waals surface area contributed by atoms with E-state index in [2.05, 4.69) is 25.7 Å². The number of benzene rings is 1. The summed E-state index contributed by atoms with van der Waals surface area (Å²) in [7, 11) is 0. The van der Waals surface area contributed by atoms with Crippen molar-refractivity contribution < 1.29 is 31.2 Å². The summed E-state index contributed by atoms with van der Waals surface area (Å²) < 4.78 is 14.6. The molecule has 2 aliphatic heterocycles. The van der Waals surface area contributed by atoms with E-state index < -0.39 is 17.5 Å². The van der Waals surface area contributed by atoms with Gasteiger partial charge in [0.2, 0.25) is 11.9 Å². The predicted octanol–water partition coefficient (Wildman–Crippen LogP) is -1.52. The van der Waals surface area contributed by atoms with Crippen LogP contribution in [-0.2, 0) is 4.79 Å². The molecule has 0 bridgehead atoms. The van der Waals surface area contributed by atoms with Crippen LogP contribution < -0.4 is 22.9 Å². The summed E-state index contributed by atoms with van der Waals surface area (Å²) in [6.07, 6.45) is 3.71. The highest BCUT2D eigenvalue weighted by Crippen LogP contribution is 2.27. The zero-order valence-electron chi connectivity index (χ0n) is 17.7. The molecule has 0 aliphatic carbocycles. The lowest BCUT2D eigenvalue weighted by atomic mass is 10.1. The van der Waals surface area contributed by atoms with Gasteiger partial charge in [-0.15, -0.1) is 5.43 Å². The highest BCUT2D eigenvalue weighted by Gasteiger charge is 2.32. The van der Waals surface area contributed by atoms with Gasteiger partial charge in [-0.3, -0.25) is 14.4 Å². The fourth-order valence-corrected chi connectivity index (χ4v) is 3.94. The van der Waals surface area contributed by atoms with Gasteiger partial charge in [0, 0.05) is 37.9 Å². The largest absolute Gasteiger partial charge is 1.00 e. The Balaban J connectivity index is 0.00000274. The van der Waals surface area contributed by atoms with Crippen LogP contribution in [0.5, 0.6) is 0 Å². The van der Waals surface area contributed by atoms with Gasteiger partial charge in [-0.2, -0.15) is 0 Å². The second kappa shape index (κ2) is 9.40. The molecule has 1 fully saturated rings. The fourth-order valence-electron chi connectivity index (χ4n) is 3.94. The third-order valence-electron chi connectivity index (χ3n) is 5.65. The monoisotopic (exact) mass is 482 g/mol. The van der Waals surface area contributed by atoms with Crippen molar-refractivity contribution >= 4 is 34.2 Å². The lowest BCUT2D eigenvalue weighted by Crippen LogP contribution is -3.00. The lowest BCUT2D eigenvalue weighted by Gasteiger charge is -2.34. The van der Waals surface area contributed by atoms with Crippen molar-refractivity contribution in [2.24, 2.45) is 5.22 Å². The van der Waals surface area contributed by atoms with Crippen LogP contribution in [0.3, 0.4) is 0 Å². The Morgan fingerprint density at radius 2 is 1.74 bits per heavy atom. The van der Waals surface area contributed by atoms with E-state index in [-0.39, 0.29) is 47.9 Å². The SMILES string of the molecule is O=C(C(=O)N1CCN(C(=O)c2ccccc2)CC1)c1c[nH]c2c(C3=C[N+]=NN3)ncc(F)c12.[Cl-]. The maximum absolute atomic E-state index is 14.6. The highest BCUT2D eigenvalue weighted by atomic mass is 35.5. The number of rotatable bonds is 4. The van der Waals surface area contributed by atoms with Crippen molar-refractivity contribution in [1.29, 1.82) is 0 Å². The number of Topliss-reactive ketones (excluding diaryl/α,β-unsaturated/α-hetero) is 1. The summed E-state index contributed by atoms with van der Waals surface area (Å²) >= 11 is 0. The minimum absolute atomic E-state index is 0. The molecule has 2 amide bonds. The minimum Gasteiger partial charge on any atom is -1.00 e. The van der Waals surface area contributed by atoms with Crippen LogP contribution in [0.15, 0.2) is 54.1 Å². The first-order valence-corrected chi connectivity index (χ1v) is 10.2. The van der Waals surface area contributed by atoms with Gasteiger partial charge >= 0.3 is 0 Å². The molecule has 0 spiro atoms. The molecule has 173 valence electrons. The van der Waals surface area contributed by atoms with Gasteiger partial charge in [0.05, 0.1) is 27.8 Å². The predicted molar refractivity (Wildman–Crippen MR) is 115 cm³/mol. The Labute approximate surface area is 198 Å². The third kappa shape index (κ3) is 4.01. The molecular formula is C22H18ClFN7O3. The first-order chi connectivity index (χ1) is 16.0. The number of hydrogen-bond donors (Lipinski definition) is 2. The Morgan fingerprint density at radius 3 is 2.41 bits per heavy atom. The molecule has 4 heterocycles. The van der Waals surface area contributed by atoms with E-state index in [1.54, 1.807) is 29.2 Å². The van der Waals surface area contributed by atoms with Crippen LogP contribution in [0.25, 0.3) is 16.6 Å². The number of nitrogens with one attached hydrogen (secondary N) is 2. The number of nitrogens with zero attached hydrogens (tertiary/aromatic N) is 5. The number of carbonyl (C=O) groups is 3. The van der Waals surface area contributed by atoms with Crippen LogP contribution in [0.4, 0.5) is 4.39 Å². The number of pyridine rings is 1. The quantitative estimate of drug-likeness (QED) is 0.345. The number of ketones is 1. The zero-order chi connectivity index (χ0) is 22.9. The summed E-state index contributed by atoms with van der Waals surface area (Å²) in [6, 6.07) is 8.87. The van der Waals surface area contributed by atoms with E-state index in [0.29, 0.717) is 30.0 Å². The number of fused-ring (bicyclic) bond motifs is 1. The van der Waals surface area contributed by atoms with Gasteiger partial charge in [-0.1, -0.05) is 18.2 Å². The smallest absolute Gasteiger partial charge is 0.295 e. The number of aromatic amines is 1. The van der Waals surface area contributed by atoms with E-state index in [1.165, 1.54) is 17.3 Å². The number of H-pyrrole nitrogens is 1. The maximum Gasteiger partial charge on any atom is 0.295 e. The number of hydrogen-bond acceptors (Lipinski definition) is 7. The lowest BCUT2D eigenvalue weighted by molar-refractivity contribution is -0.127.